The molecule has 1 aromatic heterocycles. The van der Waals surface area contributed by atoms with E-state index in [9.17, 15) is 14.9 Å². The van der Waals surface area contributed by atoms with Crippen LogP contribution in [0.15, 0.2) is 101 Å². The SMILES string of the molecule is O=C(c1ccc(-c2ccc([N+](=O)[O-])cc2)o1)N(Cc1ccccc1)Cc1ccccc1. The Morgan fingerprint density at radius 3 is 1.84 bits per heavy atom. The Labute approximate surface area is 179 Å². The zero-order chi connectivity index (χ0) is 21.6. The summed E-state index contributed by atoms with van der Waals surface area (Å²) in [5, 5.41) is 10.8. The molecule has 3 aromatic carbocycles. The number of rotatable bonds is 7. The van der Waals surface area contributed by atoms with E-state index >= 15 is 0 Å². The Morgan fingerprint density at radius 2 is 1.32 bits per heavy atom. The molecule has 154 valence electrons. The van der Waals surface area contributed by atoms with Crippen molar-refractivity contribution in [2.45, 2.75) is 13.1 Å². The van der Waals surface area contributed by atoms with Crippen LogP contribution in [-0.4, -0.2) is 15.7 Å². The van der Waals surface area contributed by atoms with Crippen LogP contribution in [0.1, 0.15) is 21.7 Å². The van der Waals surface area contributed by atoms with Crippen molar-refractivity contribution in [3.8, 4) is 11.3 Å². The van der Waals surface area contributed by atoms with Crippen LogP contribution in [0.4, 0.5) is 5.69 Å². The maximum atomic E-state index is 13.3. The fourth-order valence-corrected chi connectivity index (χ4v) is 3.32. The average molecular weight is 412 g/mol. The van der Waals surface area contributed by atoms with E-state index in [2.05, 4.69) is 0 Å². The molecule has 0 aliphatic heterocycles. The molecular weight excluding hydrogens is 392 g/mol. The molecule has 0 spiro atoms. The lowest BCUT2D eigenvalue weighted by molar-refractivity contribution is -0.384. The first-order valence-corrected chi connectivity index (χ1v) is 9.82. The molecule has 31 heavy (non-hydrogen) atoms. The lowest BCUT2D eigenvalue weighted by Gasteiger charge is -2.22. The molecule has 4 aromatic rings. The Kier molecular flexibility index (Phi) is 5.89. The number of furan rings is 1. The van der Waals surface area contributed by atoms with Gasteiger partial charge < -0.3 is 9.32 Å². The second kappa shape index (κ2) is 9.09. The summed E-state index contributed by atoms with van der Waals surface area (Å²) >= 11 is 0. The van der Waals surface area contributed by atoms with Gasteiger partial charge in [-0.15, -0.1) is 0 Å². The van der Waals surface area contributed by atoms with Gasteiger partial charge in [0, 0.05) is 30.8 Å². The van der Waals surface area contributed by atoms with E-state index in [4.69, 9.17) is 4.42 Å². The third-order valence-electron chi connectivity index (χ3n) is 4.90. The number of nitro groups is 1. The molecule has 6 heteroatoms. The fraction of sp³-hybridized carbons (Fsp3) is 0.0800. The summed E-state index contributed by atoms with van der Waals surface area (Å²) < 4.78 is 5.83. The highest BCUT2D eigenvalue weighted by Gasteiger charge is 2.21. The van der Waals surface area contributed by atoms with Gasteiger partial charge in [-0.25, -0.2) is 0 Å². The number of hydrogen-bond acceptors (Lipinski definition) is 4. The van der Waals surface area contributed by atoms with E-state index in [1.807, 2.05) is 60.7 Å². The van der Waals surface area contributed by atoms with Crippen LogP contribution in [0.2, 0.25) is 0 Å². The average Bonchev–Trinajstić information content (AvgIpc) is 3.30. The molecule has 0 saturated carbocycles. The van der Waals surface area contributed by atoms with E-state index < -0.39 is 4.92 Å². The molecule has 6 nitrogen and oxygen atoms in total. The van der Waals surface area contributed by atoms with Crippen molar-refractivity contribution in [2.75, 3.05) is 0 Å². The molecule has 0 aliphatic carbocycles. The van der Waals surface area contributed by atoms with E-state index in [1.54, 1.807) is 29.2 Å². The topological polar surface area (TPSA) is 76.6 Å². The lowest BCUT2D eigenvalue weighted by Crippen LogP contribution is -2.29. The van der Waals surface area contributed by atoms with Crippen LogP contribution in [0.25, 0.3) is 11.3 Å². The van der Waals surface area contributed by atoms with E-state index in [0.717, 1.165) is 11.1 Å². The number of non-ortho nitro benzene ring substituents is 1. The maximum Gasteiger partial charge on any atom is 0.290 e. The molecule has 4 rings (SSSR count). The summed E-state index contributed by atoms with van der Waals surface area (Å²) in [4.78, 5) is 25.4. The lowest BCUT2D eigenvalue weighted by atomic mass is 10.1. The summed E-state index contributed by atoms with van der Waals surface area (Å²) in [6.07, 6.45) is 0. The molecule has 0 bridgehead atoms. The third kappa shape index (κ3) is 4.87. The second-order valence-electron chi connectivity index (χ2n) is 7.10. The van der Waals surface area contributed by atoms with E-state index in [1.165, 1.54) is 12.1 Å². The van der Waals surface area contributed by atoms with Crippen LogP contribution in [-0.2, 0) is 13.1 Å². The summed E-state index contributed by atoms with van der Waals surface area (Å²) in [7, 11) is 0. The van der Waals surface area contributed by atoms with Crippen molar-refractivity contribution in [3.63, 3.8) is 0 Å². The monoisotopic (exact) mass is 412 g/mol. The van der Waals surface area contributed by atoms with Crippen molar-refractivity contribution in [1.29, 1.82) is 0 Å². The predicted octanol–water partition coefficient (Wildman–Crippen LogP) is 5.70. The van der Waals surface area contributed by atoms with Crippen LogP contribution in [0, 0.1) is 10.1 Å². The summed E-state index contributed by atoms with van der Waals surface area (Å²) in [6, 6.07) is 29.0. The Balaban J connectivity index is 1.58. The number of carbonyl (C=O) groups is 1. The largest absolute Gasteiger partial charge is 0.451 e. The molecule has 0 fully saturated rings. The zero-order valence-corrected chi connectivity index (χ0v) is 16.7. The van der Waals surface area contributed by atoms with Gasteiger partial charge in [-0.2, -0.15) is 0 Å². The summed E-state index contributed by atoms with van der Waals surface area (Å²) in [5.41, 5.74) is 2.72. The van der Waals surface area contributed by atoms with Crippen molar-refractivity contribution in [3.05, 3.63) is 124 Å². The summed E-state index contributed by atoms with van der Waals surface area (Å²) in [6.45, 7) is 0.893. The second-order valence-corrected chi connectivity index (χ2v) is 7.10. The van der Waals surface area contributed by atoms with Crippen molar-refractivity contribution >= 4 is 11.6 Å². The van der Waals surface area contributed by atoms with Crippen molar-refractivity contribution in [2.24, 2.45) is 0 Å². The predicted molar refractivity (Wildman–Crippen MR) is 117 cm³/mol. The minimum atomic E-state index is -0.452. The van der Waals surface area contributed by atoms with Crippen LogP contribution in [0.3, 0.4) is 0 Å². The molecule has 0 atom stereocenters. The smallest absolute Gasteiger partial charge is 0.290 e. The number of amides is 1. The molecule has 0 saturated heterocycles. The van der Waals surface area contributed by atoms with Crippen LogP contribution >= 0.6 is 0 Å². The minimum Gasteiger partial charge on any atom is -0.451 e. The molecule has 0 N–H and O–H groups in total. The van der Waals surface area contributed by atoms with Gasteiger partial charge in [0.25, 0.3) is 11.6 Å². The van der Waals surface area contributed by atoms with Crippen LogP contribution in [0.5, 0.6) is 0 Å². The Hall–Kier alpha value is -4.19. The normalized spacial score (nSPS) is 10.6. The van der Waals surface area contributed by atoms with Gasteiger partial charge in [0.2, 0.25) is 0 Å². The van der Waals surface area contributed by atoms with Crippen LogP contribution < -0.4 is 0 Å². The molecule has 0 radical (unpaired) electrons. The Bertz CT molecular complexity index is 1130. The van der Waals surface area contributed by atoms with Gasteiger partial charge >= 0.3 is 0 Å². The van der Waals surface area contributed by atoms with Gasteiger partial charge in [-0.1, -0.05) is 60.7 Å². The molecule has 0 unspecified atom stereocenters. The number of carbonyl (C=O) groups excluding carboxylic acids is 1. The standard InChI is InChI=1S/C25H20N2O4/c28-25(24-16-15-23(31-24)21-11-13-22(14-12-21)27(29)30)26(17-19-7-3-1-4-8-19)18-20-9-5-2-6-10-20/h1-16H,17-18H2. The molecule has 0 aliphatic rings. The van der Waals surface area contributed by atoms with E-state index in [-0.39, 0.29) is 17.4 Å². The quantitative estimate of drug-likeness (QED) is 0.288. The van der Waals surface area contributed by atoms with Gasteiger partial charge in [0.1, 0.15) is 5.76 Å². The van der Waals surface area contributed by atoms with E-state index in [0.29, 0.717) is 24.4 Å². The highest BCUT2D eigenvalue weighted by molar-refractivity contribution is 5.92. The van der Waals surface area contributed by atoms with Gasteiger partial charge in [-0.05, 0) is 35.4 Å². The number of nitrogens with zero attached hydrogens (tertiary/aromatic N) is 2. The Morgan fingerprint density at radius 1 is 0.774 bits per heavy atom. The number of hydrogen-bond donors (Lipinski definition) is 0. The highest BCUT2D eigenvalue weighted by atomic mass is 16.6. The van der Waals surface area contributed by atoms with Gasteiger partial charge in [0.05, 0.1) is 4.92 Å². The molecule has 1 heterocycles. The number of nitro benzene ring substituents is 1. The minimum absolute atomic E-state index is 0.00324. The highest BCUT2D eigenvalue weighted by Crippen LogP contribution is 2.26. The van der Waals surface area contributed by atoms with Crippen molar-refractivity contribution in [1.82, 2.24) is 4.90 Å². The van der Waals surface area contributed by atoms with Crippen molar-refractivity contribution < 1.29 is 14.1 Å². The molecular formula is C25H20N2O4. The maximum absolute atomic E-state index is 13.3. The third-order valence-corrected chi connectivity index (χ3v) is 4.90. The van der Waals surface area contributed by atoms with Gasteiger partial charge in [-0.3, -0.25) is 14.9 Å². The van der Waals surface area contributed by atoms with Gasteiger partial charge in [0.15, 0.2) is 5.76 Å². The first-order valence-electron chi connectivity index (χ1n) is 9.82. The first-order chi connectivity index (χ1) is 15.1. The fourth-order valence-electron chi connectivity index (χ4n) is 3.32. The number of benzene rings is 3. The molecule has 1 amide bonds. The summed E-state index contributed by atoms with van der Waals surface area (Å²) in [5.74, 6) is 0.485. The first kappa shape index (κ1) is 20.1. The zero-order valence-electron chi connectivity index (χ0n) is 16.7.